The van der Waals surface area contributed by atoms with E-state index in [0.717, 1.165) is 0 Å². The lowest BCUT2D eigenvalue weighted by atomic mass is 9.98. The topological polar surface area (TPSA) is 154 Å². The molecule has 29 heavy (non-hydrogen) atoms. The number of esters is 1. The lowest BCUT2D eigenvalue weighted by Gasteiger charge is -2.14. The summed E-state index contributed by atoms with van der Waals surface area (Å²) in [6.07, 6.45) is 0.206. The minimum Gasteiger partial charge on any atom is -0.481 e. The second-order valence-corrected chi connectivity index (χ2v) is 6.57. The molecule has 0 saturated carbocycles. The lowest BCUT2D eigenvalue weighted by Crippen LogP contribution is -2.34. The molecule has 0 fully saturated rings. The van der Waals surface area contributed by atoms with Crippen molar-refractivity contribution in [3.05, 3.63) is 45.5 Å². The van der Waals surface area contributed by atoms with Crippen LogP contribution in [-0.2, 0) is 25.7 Å². The van der Waals surface area contributed by atoms with Gasteiger partial charge in [0, 0.05) is 6.54 Å². The van der Waals surface area contributed by atoms with Gasteiger partial charge in [0.1, 0.15) is 6.61 Å². The largest absolute Gasteiger partial charge is 0.481 e. The Bertz CT molecular complexity index is 721. The van der Waals surface area contributed by atoms with Crippen molar-refractivity contribution in [2.24, 2.45) is 11.8 Å². The molecule has 0 aliphatic carbocycles. The van der Waals surface area contributed by atoms with Crippen LogP contribution in [-0.4, -0.2) is 41.6 Å². The van der Waals surface area contributed by atoms with Gasteiger partial charge in [-0.1, -0.05) is 32.4 Å². The Kier molecular flexibility index (Phi) is 9.92. The zero-order valence-electron chi connectivity index (χ0n) is 16.2. The van der Waals surface area contributed by atoms with Crippen molar-refractivity contribution in [1.29, 1.82) is 0 Å². The van der Waals surface area contributed by atoms with Crippen LogP contribution in [0.2, 0.25) is 0 Å². The summed E-state index contributed by atoms with van der Waals surface area (Å²) in [6, 6.07) is 5.79. The molecule has 0 radical (unpaired) electrons. The third-order valence-corrected chi connectivity index (χ3v) is 3.81. The van der Waals surface area contributed by atoms with E-state index in [1.807, 2.05) is 13.8 Å². The first kappa shape index (κ1) is 23.7. The molecule has 1 aromatic carbocycles. The summed E-state index contributed by atoms with van der Waals surface area (Å²) in [5.74, 6) is -2.22. The standard InChI is InChI=1S/C18H24N2O9/c1-12(2)6-7-15(16(21)22)9-19-18(24)28-11-27-17(23)14-5-3-4-13(8-14)10-29-20(25)26/h3-5,8,12,15H,6-7,9-11H2,1-2H3,(H,19,24)(H,21,22). The fraction of sp³-hybridized carbons (Fsp3) is 0.500. The average Bonchev–Trinajstić information content (AvgIpc) is 2.66. The maximum atomic E-state index is 11.9. The maximum absolute atomic E-state index is 11.9. The monoisotopic (exact) mass is 412 g/mol. The van der Waals surface area contributed by atoms with Gasteiger partial charge in [-0.05, 0) is 30.0 Å². The summed E-state index contributed by atoms with van der Waals surface area (Å²) >= 11 is 0. The van der Waals surface area contributed by atoms with E-state index in [4.69, 9.17) is 14.6 Å². The highest BCUT2D eigenvalue weighted by molar-refractivity contribution is 5.89. The molecule has 0 aromatic heterocycles. The molecule has 0 saturated heterocycles. The number of nitrogens with one attached hydrogen (secondary N) is 1. The Morgan fingerprint density at radius 3 is 2.55 bits per heavy atom. The molecular weight excluding hydrogens is 388 g/mol. The Balaban J connectivity index is 2.39. The van der Waals surface area contributed by atoms with Gasteiger partial charge in [0.2, 0.25) is 6.79 Å². The van der Waals surface area contributed by atoms with Crippen LogP contribution in [0, 0.1) is 22.0 Å². The molecule has 0 aliphatic rings. The number of aliphatic carboxylic acids is 1. The molecule has 0 aliphatic heterocycles. The van der Waals surface area contributed by atoms with Crippen LogP contribution in [0.1, 0.15) is 42.6 Å². The molecule has 0 heterocycles. The highest BCUT2D eigenvalue weighted by Crippen LogP contribution is 2.12. The number of carboxylic acid groups (broad SMARTS) is 1. The summed E-state index contributed by atoms with van der Waals surface area (Å²) in [4.78, 5) is 49.2. The van der Waals surface area contributed by atoms with Gasteiger partial charge in [0.15, 0.2) is 0 Å². The van der Waals surface area contributed by atoms with E-state index < -0.39 is 35.8 Å². The Morgan fingerprint density at radius 1 is 1.21 bits per heavy atom. The molecule has 2 N–H and O–H groups in total. The quantitative estimate of drug-likeness (QED) is 0.228. The highest BCUT2D eigenvalue weighted by atomic mass is 16.9. The van der Waals surface area contributed by atoms with Crippen molar-refractivity contribution in [1.82, 2.24) is 5.32 Å². The number of amides is 1. The summed E-state index contributed by atoms with van der Waals surface area (Å²) in [6.45, 7) is 2.84. The van der Waals surface area contributed by atoms with Gasteiger partial charge in [-0.25, -0.2) is 9.59 Å². The van der Waals surface area contributed by atoms with Crippen LogP contribution in [0.15, 0.2) is 24.3 Å². The van der Waals surface area contributed by atoms with Crippen molar-refractivity contribution >= 4 is 18.0 Å². The van der Waals surface area contributed by atoms with E-state index in [9.17, 15) is 24.5 Å². The number of carbonyl (C=O) groups is 3. The molecule has 11 heteroatoms. The van der Waals surface area contributed by atoms with Gasteiger partial charge >= 0.3 is 18.0 Å². The van der Waals surface area contributed by atoms with Gasteiger partial charge in [0.25, 0.3) is 5.09 Å². The number of carbonyl (C=O) groups excluding carboxylic acids is 2. The molecule has 1 aromatic rings. The molecule has 1 atom stereocenters. The SMILES string of the molecule is CC(C)CCC(CNC(=O)OCOC(=O)c1cccc(CO[N+](=O)[O-])c1)C(=O)O. The number of rotatable bonds is 12. The average molecular weight is 412 g/mol. The smallest absolute Gasteiger partial charge is 0.410 e. The molecular formula is C18H24N2O9. The summed E-state index contributed by atoms with van der Waals surface area (Å²) in [7, 11) is 0. The Morgan fingerprint density at radius 2 is 1.93 bits per heavy atom. The molecule has 0 bridgehead atoms. The fourth-order valence-electron chi connectivity index (χ4n) is 2.24. The number of ether oxygens (including phenoxy) is 2. The number of hydrogen-bond acceptors (Lipinski definition) is 8. The first-order chi connectivity index (χ1) is 13.7. The van der Waals surface area contributed by atoms with Gasteiger partial charge in [-0.15, -0.1) is 10.1 Å². The second-order valence-electron chi connectivity index (χ2n) is 6.57. The fourth-order valence-corrected chi connectivity index (χ4v) is 2.24. The van der Waals surface area contributed by atoms with E-state index in [1.165, 1.54) is 24.3 Å². The molecule has 0 spiro atoms. The number of hydrogen-bond donors (Lipinski definition) is 2. The van der Waals surface area contributed by atoms with Gasteiger partial charge in [0.05, 0.1) is 11.5 Å². The van der Waals surface area contributed by atoms with Gasteiger partial charge in [-0.3, -0.25) is 4.79 Å². The third-order valence-electron chi connectivity index (χ3n) is 3.81. The summed E-state index contributed by atoms with van der Waals surface area (Å²) in [5.41, 5.74) is 0.481. The number of benzene rings is 1. The molecule has 1 unspecified atom stereocenters. The molecule has 160 valence electrons. The number of carboxylic acids is 1. The summed E-state index contributed by atoms with van der Waals surface area (Å²) < 4.78 is 9.50. The van der Waals surface area contributed by atoms with E-state index in [1.54, 1.807) is 0 Å². The van der Waals surface area contributed by atoms with Crippen LogP contribution in [0.3, 0.4) is 0 Å². The Labute approximate surface area is 167 Å². The Hall–Kier alpha value is -3.37. The van der Waals surface area contributed by atoms with Crippen LogP contribution >= 0.6 is 0 Å². The van der Waals surface area contributed by atoms with E-state index in [-0.39, 0.29) is 18.7 Å². The number of nitrogens with zero attached hydrogens (tertiary/aromatic N) is 1. The highest BCUT2D eigenvalue weighted by Gasteiger charge is 2.19. The van der Waals surface area contributed by atoms with E-state index in [2.05, 4.69) is 10.2 Å². The van der Waals surface area contributed by atoms with Gasteiger partial charge in [-0.2, -0.15) is 0 Å². The van der Waals surface area contributed by atoms with Crippen molar-refractivity contribution in [2.45, 2.75) is 33.3 Å². The van der Waals surface area contributed by atoms with Crippen LogP contribution in [0.25, 0.3) is 0 Å². The summed E-state index contributed by atoms with van der Waals surface area (Å²) in [5, 5.41) is 20.7. The van der Waals surface area contributed by atoms with Crippen LogP contribution in [0.5, 0.6) is 0 Å². The molecule has 1 amide bonds. The predicted octanol–water partition coefficient (Wildman–Crippen LogP) is 2.37. The third kappa shape index (κ3) is 9.94. The van der Waals surface area contributed by atoms with E-state index >= 15 is 0 Å². The zero-order chi connectivity index (χ0) is 21.8. The van der Waals surface area contributed by atoms with E-state index in [0.29, 0.717) is 24.3 Å². The first-order valence-electron chi connectivity index (χ1n) is 8.85. The van der Waals surface area contributed by atoms with Gasteiger partial charge < -0.3 is 24.7 Å². The minimum absolute atomic E-state index is 0.0954. The van der Waals surface area contributed by atoms with Crippen molar-refractivity contribution in [2.75, 3.05) is 13.3 Å². The van der Waals surface area contributed by atoms with Crippen LogP contribution < -0.4 is 5.32 Å². The second kappa shape index (κ2) is 12.2. The lowest BCUT2D eigenvalue weighted by molar-refractivity contribution is -0.763. The predicted molar refractivity (Wildman–Crippen MR) is 98.2 cm³/mol. The van der Waals surface area contributed by atoms with Crippen LogP contribution in [0.4, 0.5) is 4.79 Å². The van der Waals surface area contributed by atoms with Crippen molar-refractivity contribution < 1.29 is 38.9 Å². The minimum atomic E-state index is -1.02. The number of alkyl carbamates (subject to hydrolysis) is 1. The maximum Gasteiger partial charge on any atom is 0.410 e. The zero-order valence-corrected chi connectivity index (χ0v) is 16.2. The van der Waals surface area contributed by atoms with Crippen molar-refractivity contribution in [3.63, 3.8) is 0 Å². The molecule has 1 rings (SSSR count). The first-order valence-corrected chi connectivity index (χ1v) is 8.85. The van der Waals surface area contributed by atoms with Crippen molar-refractivity contribution in [3.8, 4) is 0 Å². The molecule has 11 nitrogen and oxygen atoms in total. The normalized spacial score (nSPS) is 11.4.